The highest BCUT2D eigenvalue weighted by Crippen LogP contribution is 2.31. The Morgan fingerprint density at radius 2 is 1.97 bits per heavy atom. The molecule has 3 aromatic rings. The van der Waals surface area contributed by atoms with Crippen LogP contribution in [0.3, 0.4) is 0 Å². The van der Waals surface area contributed by atoms with Gasteiger partial charge in [-0.2, -0.15) is 4.98 Å². The van der Waals surface area contributed by atoms with E-state index in [0.717, 1.165) is 6.07 Å². The van der Waals surface area contributed by atoms with Crippen LogP contribution in [0.4, 0.5) is 5.69 Å². The van der Waals surface area contributed by atoms with Crippen molar-refractivity contribution in [3.8, 4) is 5.69 Å². The van der Waals surface area contributed by atoms with E-state index in [-0.39, 0.29) is 23.8 Å². The van der Waals surface area contributed by atoms with Gasteiger partial charge < -0.3 is 4.74 Å². The van der Waals surface area contributed by atoms with E-state index in [2.05, 4.69) is 9.98 Å². The largest absolute Gasteiger partial charge is 0.464 e. The molecule has 9 nitrogen and oxygen atoms in total. The van der Waals surface area contributed by atoms with Gasteiger partial charge in [0.05, 0.1) is 30.0 Å². The van der Waals surface area contributed by atoms with Crippen LogP contribution >= 0.6 is 11.6 Å². The van der Waals surface area contributed by atoms with Crippen molar-refractivity contribution >= 4 is 29.0 Å². The van der Waals surface area contributed by atoms with Gasteiger partial charge in [0.15, 0.2) is 0 Å². The molecule has 0 saturated carbocycles. The lowest BCUT2D eigenvalue weighted by molar-refractivity contribution is -0.384. The van der Waals surface area contributed by atoms with Crippen molar-refractivity contribution in [2.45, 2.75) is 6.54 Å². The number of hydrogen-bond donors (Lipinski definition) is 0. The SMILES string of the molecule is COC(=O)c1cc(=O)nc2n1-c1ccc([N+](=O)[O-])cc1C(c1ccccc1Cl)=NC2. The second-order valence-corrected chi connectivity index (χ2v) is 6.73. The topological polar surface area (TPSA) is 117 Å². The van der Waals surface area contributed by atoms with E-state index in [1.807, 2.05) is 0 Å². The number of carbonyl (C=O) groups excluding carboxylic acids is 1. The monoisotopic (exact) mass is 424 g/mol. The van der Waals surface area contributed by atoms with E-state index < -0.39 is 16.5 Å². The summed E-state index contributed by atoms with van der Waals surface area (Å²) in [6.07, 6.45) is 0. The smallest absolute Gasteiger partial charge is 0.355 e. The third kappa shape index (κ3) is 3.25. The van der Waals surface area contributed by atoms with E-state index in [1.54, 1.807) is 24.3 Å². The Bertz CT molecular complexity index is 1300. The summed E-state index contributed by atoms with van der Waals surface area (Å²) in [7, 11) is 1.19. The maximum absolute atomic E-state index is 12.4. The Balaban J connectivity index is 2.09. The van der Waals surface area contributed by atoms with Crippen molar-refractivity contribution in [1.82, 2.24) is 9.55 Å². The summed E-state index contributed by atoms with van der Waals surface area (Å²) in [6.45, 7) is -0.0525. The van der Waals surface area contributed by atoms with Gasteiger partial charge in [-0.1, -0.05) is 29.8 Å². The summed E-state index contributed by atoms with van der Waals surface area (Å²) < 4.78 is 6.24. The number of esters is 1. The molecule has 1 aromatic heterocycles. The first kappa shape index (κ1) is 19.5. The summed E-state index contributed by atoms with van der Waals surface area (Å²) in [6, 6.07) is 12.1. The van der Waals surface area contributed by atoms with Crippen LogP contribution in [0.25, 0.3) is 5.69 Å². The zero-order valence-corrected chi connectivity index (χ0v) is 16.3. The van der Waals surface area contributed by atoms with E-state index in [0.29, 0.717) is 27.5 Å². The fraction of sp³-hybridized carbons (Fsp3) is 0.100. The van der Waals surface area contributed by atoms with Crippen molar-refractivity contribution in [3.63, 3.8) is 0 Å². The third-order valence-corrected chi connectivity index (χ3v) is 4.92. The van der Waals surface area contributed by atoms with Gasteiger partial charge in [-0.25, -0.2) is 4.79 Å². The van der Waals surface area contributed by atoms with Crippen LogP contribution in [0.5, 0.6) is 0 Å². The Hall–Kier alpha value is -3.85. The highest BCUT2D eigenvalue weighted by Gasteiger charge is 2.27. The molecule has 0 atom stereocenters. The molecule has 0 unspecified atom stereocenters. The number of ether oxygens (including phenoxy) is 1. The zero-order chi connectivity index (χ0) is 21.4. The Morgan fingerprint density at radius 3 is 2.67 bits per heavy atom. The second-order valence-electron chi connectivity index (χ2n) is 6.33. The van der Waals surface area contributed by atoms with Crippen molar-refractivity contribution in [2.75, 3.05) is 7.11 Å². The lowest BCUT2D eigenvalue weighted by Crippen LogP contribution is -2.23. The maximum Gasteiger partial charge on any atom is 0.355 e. The fourth-order valence-corrected chi connectivity index (χ4v) is 3.53. The fourth-order valence-electron chi connectivity index (χ4n) is 3.30. The van der Waals surface area contributed by atoms with Gasteiger partial charge in [0.25, 0.3) is 11.2 Å². The Morgan fingerprint density at radius 1 is 1.20 bits per heavy atom. The van der Waals surface area contributed by atoms with Gasteiger partial charge >= 0.3 is 5.97 Å². The molecule has 2 heterocycles. The van der Waals surface area contributed by atoms with Crippen LogP contribution in [0.2, 0.25) is 5.02 Å². The number of nitro benzene ring substituents is 1. The summed E-state index contributed by atoms with van der Waals surface area (Å²) >= 11 is 6.36. The average molecular weight is 425 g/mol. The molecule has 0 amide bonds. The number of aromatic nitrogens is 2. The van der Waals surface area contributed by atoms with Gasteiger partial charge in [-0.15, -0.1) is 0 Å². The predicted octanol–water partition coefficient (Wildman–Crippen LogP) is 2.93. The van der Waals surface area contributed by atoms with Crippen LogP contribution in [0, 0.1) is 10.1 Å². The quantitative estimate of drug-likeness (QED) is 0.362. The molecule has 10 heteroatoms. The van der Waals surface area contributed by atoms with E-state index in [4.69, 9.17) is 16.3 Å². The number of methoxy groups -OCH3 is 1. The molecular formula is C20H13ClN4O5. The lowest BCUT2D eigenvalue weighted by atomic mass is 9.99. The Kier molecular flexibility index (Phi) is 4.88. The lowest BCUT2D eigenvalue weighted by Gasteiger charge is -2.17. The van der Waals surface area contributed by atoms with Crippen molar-refractivity contribution < 1.29 is 14.5 Å². The number of fused-ring (bicyclic) bond motifs is 3. The number of carbonyl (C=O) groups is 1. The first-order valence-electron chi connectivity index (χ1n) is 8.70. The standard InChI is InChI=1S/C20H13ClN4O5/c1-30-20(27)16-9-18(26)23-17-10-22-19(12-4-2-3-5-14(12)21)13-8-11(25(28)29)6-7-15(13)24(16)17/h2-9H,10H2,1H3. The van der Waals surface area contributed by atoms with Gasteiger partial charge in [0.2, 0.25) is 0 Å². The summed E-state index contributed by atoms with van der Waals surface area (Å²) in [4.78, 5) is 43.8. The van der Waals surface area contributed by atoms with Gasteiger partial charge in [-0.05, 0) is 12.1 Å². The van der Waals surface area contributed by atoms with Crippen LogP contribution < -0.4 is 5.56 Å². The number of aliphatic imine (C=N–C) groups is 1. The number of rotatable bonds is 3. The number of hydrogen-bond acceptors (Lipinski definition) is 7. The maximum atomic E-state index is 12.4. The minimum atomic E-state index is -0.749. The summed E-state index contributed by atoms with van der Waals surface area (Å²) in [5, 5.41) is 11.8. The number of halogens is 1. The molecule has 0 fully saturated rings. The number of nitro groups is 1. The average Bonchev–Trinajstić information content (AvgIpc) is 2.89. The zero-order valence-electron chi connectivity index (χ0n) is 15.5. The minimum absolute atomic E-state index is 0.0525. The van der Waals surface area contributed by atoms with Crippen molar-refractivity contribution in [1.29, 1.82) is 0 Å². The van der Waals surface area contributed by atoms with E-state index >= 15 is 0 Å². The number of nitrogens with zero attached hydrogens (tertiary/aromatic N) is 4. The molecule has 2 aromatic carbocycles. The molecule has 0 bridgehead atoms. The van der Waals surface area contributed by atoms with E-state index in [9.17, 15) is 19.7 Å². The summed E-state index contributed by atoms with van der Waals surface area (Å²) in [5.41, 5.74) is 0.848. The Labute approximate surface area is 174 Å². The molecule has 150 valence electrons. The molecule has 1 aliphatic rings. The molecule has 0 spiro atoms. The molecular weight excluding hydrogens is 412 g/mol. The first-order valence-corrected chi connectivity index (χ1v) is 9.08. The van der Waals surface area contributed by atoms with Crippen LogP contribution in [0.1, 0.15) is 27.4 Å². The molecule has 0 saturated heterocycles. The first-order chi connectivity index (χ1) is 14.4. The van der Waals surface area contributed by atoms with Crippen LogP contribution in [0.15, 0.2) is 58.3 Å². The number of non-ortho nitro benzene ring substituents is 1. The normalized spacial score (nSPS) is 12.3. The van der Waals surface area contributed by atoms with Crippen LogP contribution in [-0.2, 0) is 11.3 Å². The molecule has 0 aliphatic carbocycles. The highest BCUT2D eigenvalue weighted by molar-refractivity contribution is 6.35. The molecule has 0 N–H and O–H groups in total. The number of benzene rings is 2. The third-order valence-electron chi connectivity index (χ3n) is 4.59. The molecule has 1 aliphatic heterocycles. The van der Waals surface area contributed by atoms with Gasteiger partial charge in [-0.3, -0.25) is 24.5 Å². The van der Waals surface area contributed by atoms with Crippen LogP contribution in [-0.4, -0.2) is 33.3 Å². The van der Waals surface area contributed by atoms with E-state index in [1.165, 1.54) is 29.9 Å². The van der Waals surface area contributed by atoms with Crippen molar-refractivity contribution in [2.24, 2.45) is 4.99 Å². The predicted molar refractivity (Wildman–Crippen MR) is 109 cm³/mol. The van der Waals surface area contributed by atoms with Gasteiger partial charge in [0, 0.05) is 34.3 Å². The molecule has 4 rings (SSSR count). The molecule has 30 heavy (non-hydrogen) atoms. The van der Waals surface area contributed by atoms with Crippen molar-refractivity contribution in [3.05, 3.63) is 96.7 Å². The highest BCUT2D eigenvalue weighted by atomic mass is 35.5. The molecule has 0 radical (unpaired) electrons. The summed E-state index contributed by atoms with van der Waals surface area (Å²) in [5.74, 6) is -0.554. The van der Waals surface area contributed by atoms with Gasteiger partial charge in [0.1, 0.15) is 11.5 Å². The second kappa shape index (κ2) is 7.53. The minimum Gasteiger partial charge on any atom is -0.464 e.